The highest BCUT2D eigenvalue weighted by Gasteiger charge is 2.33. The lowest BCUT2D eigenvalue weighted by Crippen LogP contribution is -2.19. The van der Waals surface area contributed by atoms with Crippen molar-refractivity contribution in [2.24, 2.45) is 5.92 Å². The minimum atomic E-state index is 0.0738. The van der Waals surface area contributed by atoms with Crippen molar-refractivity contribution >= 4 is 27.5 Å². The van der Waals surface area contributed by atoms with Crippen LogP contribution in [0.3, 0.4) is 0 Å². The van der Waals surface area contributed by atoms with Gasteiger partial charge in [0.2, 0.25) is 0 Å². The molecule has 3 unspecified atom stereocenters. The SMILES string of the molecule is CC1CCOC1C(Br)c1cc2c(cc1Cl)OCCCO2. The van der Waals surface area contributed by atoms with E-state index in [1.807, 2.05) is 12.1 Å². The minimum Gasteiger partial charge on any atom is -0.490 e. The molecule has 1 aromatic carbocycles. The van der Waals surface area contributed by atoms with Crippen molar-refractivity contribution in [1.82, 2.24) is 0 Å². The summed E-state index contributed by atoms with van der Waals surface area (Å²) in [5.74, 6) is 2.03. The third-order valence-electron chi connectivity index (χ3n) is 3.90. The molecule has 1 aromatic rings. The predicted molar refractivity (Wildman–Crippen MR) is 82.2 cm³/mol. The molecule has 0 amide bonds. The number of hydrogen-bond acceptors (Lipinski definition) is 3. The first-order chi connectivity index (χ1) is 9.66. The maximum atomic E-state index is 6.41. The quantitative estimate of drug-likeness (QED) is 0.732. The Hall–Kier alpha value is -0.450. The van der Waals surface area contributed by atoms with Crippen LogP contribution < -0.4 is 9.47 Å². The second-order valence-corrected chi connectivity index (χ2v) is 6.77. The molecule has 3 rings (SSSR count). The van der Waals surface area contributed by atoms with E-state index in [9.17, 15) is 0 Å². The molecule has 0 spiro atoms. The van der Waals surface area contributed by atoms with Crippen molar-refractivity contribution in [1.29, 1.82) is 0 Å². The fourth-order valence-electron chi connectivity index (χ4n) is 2.68. The number of ether oxygens (including phenoxy) is 3. The smallest absolute Gasteiger partial charge is 0.162 e. The van der Waals surface area contributed by atoms with Gasteiger partial charge in [0.25, 0.3) is 0 Å². The van der Waals surface area contributed by atoms with E-state index in [1.165, 1.54) is 0 Å². The average molecular weight is 362 g/mol. The lowest BCUT2D eigenvalue weighted by Gasteiger charge is -2.23. The largest absolute Gasteiger partial charge is 0.490 e. The molecular formula is C15H18BrClO3. The number of alkyl halides is 1. The van der Waals surface area contributed by atoms with Crippen molar-refractivity contribution in [3.63, 3.8) is 0 Å². The molecule has 2 aliphatic rings. The summed E-state index contributed by atoms with van der Waals surface area (Å²) in [5.41, 5.74) is 1.01. The summed E-state index contributed by atoms with van der Waals surface area (Å²) in [6.45, 7) is 4.37. The molecule has 0 saturated carbocycles. The summed E-state index contributed by atoms with van der Waals surface area (Å²) in [4.78, 5) is 0.0738. The molecule has 3 nitrogen and oxygen atoms in total. The Bertz CT molecular complexity index is 494. The Labute approximate surface area is 132 Å². The van der Waals surface area contributed by atoms with Gasteiger partial charge in [0.05, 0.1) is 24.1 Å². The third kappa shape index (κ3) is 2.78. The summed E-state index contributed by atoms with van der Waals surface area (Å²) in [6.07, 6.45) is 2.13. The molecule has 3 atom stereocenters. The van der Waals surface area contributed by atoms with E-state index in [4.69, 9.17) is 25.8 Å². The summed E-state index contributed by atoms with van der Waals surface area (Å²) < 4.78 is 17.2. The van der Waals surface area contributed by atoms with Crippen LogP contribution in [-0.4, -0.2) is 25.9 Å². The number of rotatable bonds is 2. The zero-order valence-electron chi connectivity index (χ0n) is 11.4. The van der Waals surface area contributed by atoms with Crippen LogP contribution in [0.5, 0.6) is 11.5 Å². The number of halogens is 2. The van der Waals surface area contributed by atoms with Gasteiger partial charge in [-0.25, -0.2) is 0 Å². The molecule has 1 fully saturated rings. The maximum Gasteiger partial charge on any atom is 0.162 e. The highest BCUT2D eigenvalue weighted by molar-refractivity contribution is 9.09. The van der Waals surface area contributed by atoms with Crippen LogP contribution in [-0.2, 0) is 4.74 Å². The molecular weight excluding hydrogens is 344 g/mol. The zero-order chi connectivity index (χ0) is 14.1. The average Bonchev–Trinajstić information content (AvgIpc) is 2.72. The first-order valence-electron chi connectivity index (χ1n) is 7.01. The van der Waals surface area contributed by atoms with Crippen LogP contribution in [0.15, 0.2) is 12.1 Å². The monoisotopic (exact) mass is 360 g/mol. The van der Waals surface area contributed by atoms with Crippen molar-refractivity contribution in [2.45, 2.75) is 30.7 Å². The molecule has 110 valence electrons. The normalized spacial score (nSPS) is 27.1. The van der Waals surface area contributed by atoms with Gasteiger partial charge >= 0.3 is 0 Å². The number of benzene rings is 1. The van der Waals surface area contributed by atoms with Crippen molar-refractivity contribution in [3.05, 3.63) is 22.7 Å². The highest BCUT2D eigenvalue weighted by atomic mass is 79.9. The van der Waals surface area contributed by atoms with Gasteiger partial charge in [-0.2, -0.15) is 0 Å². The van der Waals surface area contributed by atoms with Gasteiger partial charge in [0, 0.05) is 24.1 Å². The van der Waals surface area contributed by atoms with E-state index >= 15 is 0 Å². The zero-order valence-corrected chi connectivity index (χ0v) is 13.7. The Morgan fingerprint density at radius 1 is 1.20 bits per heavy atom. The maximum absolute atomic E-state index is 6.41. The molecule has 1 saturated heterocycles. The van der Waals surface area contributed by atoms with E-state index in [0.717, 1.165) is 36.5 Å². The van der Waals surface area contributed by atoms with E-state index in [1.54, 1.807) is 0 Å². The predicted octanol–water partition coefficient (Wildman–Crippen LogP) is 4.36. The fourth-order valence-corrected chi connectivity index (χ4v) is 4.13. The molecule has 5 heteroatoms. The Morgan fingerprint density at radius 2 is 1.90 bits per heavy atom. The molecule has 0 N–H and O–H groups in total. The van der Waals surface area contributed by atoms with Gasteiger partial charge < -0.3 is 14.2 Å². The van der Waals surface area contributed by atoms with Crippen molar-refractivity contribution in [2.75, 3.05) is 19.8 Å². The van der Waals surface area contributed by atoms with Gasteiger partial charge in [0.1, 0.15) is 0 Å². The van der Waals surface area contributed by atoms with Gasteiger partial charge in [-0.15, -0.1) is 0 Å². The van der Waals surface area contributed by atoms with E-state index in [-0.39, 0.29) is 10.9 Å². The van der Waals surface area contributed by atoms with Crippen LogP contribution in [0.1, 0.15) is 30.2 Å². The second-order valence-electron chi connectivity index (χ2n) is 5.37. The first-order valence-corrected chi connectivity index (χ1v) is 8.31. The van der Waals surface area contributed by atoms with Crippen molar-refractivity contribution in [3.8, 4) is 11.5 Å². The van der Waals surface area contributed by atoms with Crippen LogP contribution in [0.2, 0.25) is 5.02 Å². The van der Waals surface area contributed by atoms with E-state index < -0.39 is 0 Å². The summed E-state index contributed by atoms with van der Waals surface area (Å²) in [5, 5.41) is 0.693. The Kier molecular flexibility index (Phi) is 4.43. The first kappa shape index (κ1) is 14.5. The molecule has 0 bridgehead atoms. The van der Waals surface area contributed by atoms with Crippen LogP contribution in [0.25, 0.3) is 0 Å². The summed E-state index contributed by atoms with van der Waals surface area (Å²) in [7, 11) is 0. The second kappa shape index (κ2) is 6.12. The molecule has 0 aromatic heterocycles. The molecule has 0 radical (unpaired) electrons. The molecule has 2 aliphatic heterocycles. The topological polar surface area (TPSA) is 27.7 Å². The Morgan fingerprint density at radius 3 is 2.55 bits per heavy atom. The van der Waals surface area contributed by atoms with Gasteiger partial charge in [0.15, 0.2) is 11.5 Å². The third-order valence-corrected chi connectivity index (χ3v) is 5.24. The standard InChI is InChI=1S/C15H18BrClO3/c1-9-3-6-20-15(9)14(16)10-7-12-13(8-11(10)17)19-5-2-4-18-12/h7-9,14-15H,2-6H2,1H3. The number of fused-ring (bicyclic) bond motifs is 1. The molecule has 2 heterocycles. The van der Waals surface area contributed by atoms with Gasteiger partial charge in [-0.05, 0) is 24.0 Å². The molecule has 20 heavy (non-hydrogen) atoms. The number of hydrogen-bond donors (Lipinski definition) is 0. The van der Waals surface area contributed by atoms with Crippen molar-refractivity contribution < 1.29 is 14.2 Å². The summed E-state index contributed by atoms with van der Waals surface area (Å²) >= 11 is 10.2. The van der Waals surface area contributed by atoms with E-state index in [0.29, 0.717) is 24.2 Å². The minimum absolute atomic E-state index is 0.0738. The molecule has 0 aliphatic carbocycles. The Balaban J connectivity index is 1.91. The van der Waals surface area contributed by atoms with Crippen LogP contribution in [0, 0.1) is 5.92 Å². The lowest BCUT2D eigenvalue weighted by atomic mass is 9.97. The van der Waals surface area contributed by atoms with Crippen LogP contribution >= 0.6 is 27.5 Å². The van der Waals surface area contributed by atoms with Gasteiger partial charge in [-0.3, -0.25) is 0 Å². The van der Waals surface area contributed by atoms with Crippen LogP contribution in [0.4, 0.5) is 0 Å². The lowest BCUT2D eigenvalue weighted by molar-refractivity contribution is 0.0934. The fraction of sp³-hybridized carbons (Fsp3) is 0.600. The van der Waals surface area contributed by atoms with Gasteiger partial charge in [-0.1, -0.05) is 34.5 Å². The highest BCUT2D eigenvalue weighted by Crippen LogP contribution is 2.44. The summed E-state index contributed by atoms with van der Waals surface area (Å²) in [6, 6.07) is 3.84. The van der Waals surface area contributed by atoms with E-state index in [2.05, 4.69) is 22.9 Å².